The van der Waals surface area contributed by atoms with Gasteiger partial charge in [-0.05, 0) is 57.4 Å². The number of carbonyl (C=O) groups excluding carboxylic acids is 1. The molecule has 2 N–H and O–H groups in total. The number of ether oxygens (including phenoxy) is 2. The van der Waals surface area contributed by atoms with Gasteiger partial charge in [0.05, 0.1) is 30.2 Å². The maximum atomic E-state index is 13.1. The maximum Gasteiger partial charge on any atom is 0.257 e. The number of aryl methyl sites for hydroxylation is 1. The molecule has 2 heterocycles. The zero-order valence-electron chi connectivity index (χ0n) is 19.6. The van der Waals surface area contributed by atoms with Crippen molar-refractivity contribution in [2.24, 2.45) is 7.05 Å². The van der Waals surface area contributed by atoms with E-state index in [1.807, 2.05) is 12.1 Å². The summed E-state index contributed by atoms with van der Waals surface area (Å²) in [7, 11) is 3.37. The summed E-state index contributed by atoms with van der Waals surface area (Å²) >= 11 is 10.7. The Hall–Kier alpha value is -2.69. The van der Waals surface area contributed by atoms with E-state index in [1.165, 1.54) is 11.3 Å². The Morgan fingerprint density at radius 2 is 1.97 bits per heavy atom. The monoisotopic (exact) mass is 590 g/mol. The highest BCUT2D eigenvalue weighted by molar-refractivity contribution is 9.10. The number of nitrogens with zero attached hydrogens (tertiary/aromatic N) is 1. The zero-order valence-corrected chi connectivity index (χ0v) is 22.7. The highest BCUT2D eigenvalue weighted by Gasteiger charge is 2.17. The standard InChI is InChI=1S/C26H24BrClN2O5S/c1-30-12-20(25(33)29-11-15-3-6-17(28)7-4-15)24(32)19-10-18(36-26(19)30)13-35-14-22(31)16-5-8-23(34-2)21(27)9-16/h3-10,12,22,31H,11,13-14H2,1-2H3,(H,29,33)/t22-/m1/s1. The van der Waals surface area contributed by atoms with Gasteiger partial charge in [-0.1, -0.05) is 29.8 Å². The summed E-state index contributed by atoms with van der Waals surface area (Å²) in [6.45, 7) is 0.597. The molecule has 4 aromatic rings. The molecule has 0 aliphatic rings. The lowest BCUT2D eigenvalue weighted by atomic mass is 10.1. The van der Waals surface area contributed by atoms with E-state index in [2.05, 4.69) is 21.2 Å². The van der Waals surface area contributed by atoms with Gasteiger partial charge in [0.25, 0.3) is 5.91 Å². The van der Waals surface area contributed by atoms with Gasteiger partial charge in [-0.3, -0.25) is 9.59 Å². The third kappa shape index (κ3) is 5.99. The van der Waals surface area contributed by atoms with E-state index in [0.29, 0.717) is 21.7 Å². The van der Waals surface area contributed by atoms with Crippen LogP contribution in [0.2, 0.25) is 5.02 Å². The first kappa shape index (κ1) is 26.4. The molecule has 0 radical (unpaired) electrons. The summed E-state index contributed by atoms with van der Waals surface area (Å²) < 4.78 is 13.5. The van der Waals surface area contributed by atoms with Gasteiger partial charge in [0.2, 0.25) is 5.43 Å². The molecule has 0 unspecified atom stereocenters. The maximum absolute atomic E-state index is 13.1. The number of benzene rings is 2. The molecular formula is C26H24BrClN2O5S. The van der Waals surface area contributed by atoms with Crippen LogP contribution in [0.25, 0.3) is 10.2 Å². The van der Waals surface area contributed by atoms with Crippen LogP contribution in [0.1, 0.15) is 32.5 Å². The minimum absolute atomic E-state index is 0.0738. The molecule has 0 fully saturated rings. The summed E-state index contributed by atoms with van der Waals surface area (Å²) in [4.78, 5) is 27.4. The van der Waals surface area contributed by atoms with Crippen molar-refractivity contribution in [3.8, 4) is 5.75 Å². The highest BCUT2D eigenvalue weighted by Crippen LogP contribution is 2.29. The average molecular weight is 592 g/mol. The highest BCUT2D eigenvalue weighted by atomic mass is 79.9. The third-order valence-corrected chi connectivity index (χ3v) is 7.66. The Labute approximate surface area is 225 Å². The minimum Gasteiger partial charge on any atom is -0.496 e. The Kier molecular flexibility index (Phi) is 8.48. The van der Waals surface area contributed by atoms with Crippen LogP contribution in [0.4, 0.5) is 0 Å². The normalized spacial score (nSPS) is 12.0. The number of fused-ring (bicyclic) bond motifs is 1. The molecule has 0 aliphatic heterocycles. The lowest BCUT2D eigenvalue weighted by Crippen LogP contribution is -2.29. The van der Waals surface area contributed by atoms with Gasteiger partial charge in [0, 0.05) is 29.7 Å². The van der Waals surface area contributed by atoms with E-state index in [1.54, 1.807) is 61.3 Å². The van der Waals surface area contributed by atoms with Crippen molar-refractivity contribution in [2.45, 2.75) is 19.3 Å². The lowest BCUT2D eigenvalue weighted by molar-refractivity contribution is 0.0287. The van der Waals surface area contributed by atoms with Gasteiger partial charge in [0.15, 0.2) is 0 Å². The molecular weight excluding hydrogens is 568 g/mol. The van der Waals surface area contributed by atoms with Crippen molar-refractivity contribution >= 4 is 55.0 Å². The third-order valence-electron chi connectivity index (χ3n) is 5.59. The van der Waals surface area contributed by atoms with E-state index in [-0.39, 0.29) is 30.8 Å². The van der Waals surface area contributed by atoms with Crippen molar-refractivity contribution in [3.63, 3.8) is 0 Å². The minimum atomic E-state index is -0.816. The molecule has 36 heavy (non-hydrogen) atoms. The Morgan fingerprint density at radius 1 is 1.22 bits per heavy atom. The summed E-state index contributed by atoms with van der Waals surface area (Å²) in [5.74, 6) is 0.238. The number of pyridine rings is 1. The molecule has 2 aromatic heterocycles. The van der Waals surface area contributed by atoms with Gasteiger partial charge < -0.3 is 24.5 Å². The Morgan fingerprint density at radius 3 is 2.67 bits per heavy atom. The SMILES string of the molecule is COc1ccc([C@H](O)COCc2cc3c(=O)c(C(=O)NCc4ccc(Cl)cc4)cn(C)c3s2)cc1Br. The van der Waals surface area contributed by atoms with Crippen LogP contribution in [0, 0.1) is 0 Å². The molecule has 0 aliphatic carbocycles. The Bertz CT molecular complexity index is 1450. The van der Waals surface area contributed by atoms with Crippen molar-refractivity contribution in [1.29, 1.82) is 0 Å². The van der Waals surface area contributed by atoms with Gasteiger partial charge in [0.1, 0.15) is 22.2 Å². The number of carbonyl (C=O) groups is 1. The van der Waals surface area contributed by atoms with Gasteiger partial charge in [-0.25, -0.2) is 0 Å². The van der Waals surface area contributed by atoms with E-state index in [4.69, 9.17) is 21.1 Å². The molecule has 2 aromatic carbocycles. The summed E-state index contributed by atoms with van der Waals surface area (Å²) in [5, 5.41) is 14.3. The quantitative estimate of drug-likeness (QED) is 0.279. The molecule has 0 bridgehead atoms. The molecule has 1 amide bonds. The van der Waals surface area contributed by atoms with Gasteiger partial charge >= 0.3 is 0 Å². The predicted octanol–water partition coefficient (Wildman–Crippen LogP) is 5.20. The molecule has 10 heteroatoms. The largest absolute Gasteiger partial charge is 0.496 e. The summed E-state index contributed by atoms with van der Waals surface area (Å²) in [6, 6.07) is 14.2. The smallest absolute Gasteiger partial charge is 0.257 e. The number of halogens is 2. The molecule has 0 saturated carbocycles. The molecule has 7 nitrogen and oxygen atoms in total. The van der Waals surface area contributed by atoms with Crippen molar-refractivity contribution in [1.82, 2.24) is 9.88 Å². The number of hydrogen-bond donors (Lipinski definition) is 2. The second-order valence-electron chi connectivity index (χ2n) is 8.15. The fourth-order valence-corrected chi connectivity index (χ4v) is 5.39. The number of hydrogen-bond acceptors (Lipinski definition) is 6. The number of aromatic nitrogens is 1. The van der Waals surface area contributed by atoms with Crippen LogP contribution >= 0.6 is 38.9 Å². The first-order chi connectivity index (χ1) is 17.3. The number of nitrogens with one attached hydrogen (secondary N) is 1. The van der Waals surface area contributed by atoms with Crippen molar-refractivity contribution < 1.29 is 19.4 Å². The number of thiophene rings is 1. The molecule has 188 valence electrons. The van der Waals surface area contributed by atoms with Crippen LogP contribution in [-0.2, 0) is 24.9 Å². The van der Waals surface area contributed by atoms with Gasteiger partial charge in [-0.15, -0.1) is 11.3 Å². The fraction of sp³-hybridized carbons (Fsp3) is 0.231. The van der Waals surface area contributed by atoms with E-state index >= 15 is 0 Å². The number of methoxy groups -OCH3 is 1. The van der Waals surface area contributed by atoms with Crippen LogP contribution in [0.3, 0.4) is 0 Å². The van der Waals surface area contributed by atoms with E-state index < -0.39 is 12.0 Å². The van der Waals surface area contributed by atoms with Crippen LogP contribution in [-0.4, -0.2) is 29.3 Å². The molecule has 4 rings (SSSR count). The zero-order chi connectivity index (χ0) is 25.8. The van der Waals surface area contributed by atoms with Crippen LogP contribution in [0.5, 0.6) is 5.75 Å². The lowest BCUT2D eigenvalue weighted by Gasteiger charge is -2.13. The van der Waals surface area contributed by atoms with Gasteiger partial charge in [-0.2, -0.15) is 0 Å². The number of aliphatic hydroxyl groups excluding tert-OH is 1. The topological polar surface area (TPSA) is 89.8 Å². The second-order valence-corrected chi connectivity index (χ2v) is 10.6. The molecule has 1 atom stereocenters. The van der Waals surface area contributed by atoms with Crippen molar-refractivity contribution in [3.05, 3.63) is 96.0 Å². The second kappa shape index (κ2) is 11.6. The number of amides is 1. The van der Waals surface area contributed by atoms with Crippen LogP contribution < -0.4 is 15.5 Å². The first-order valence-electron chi connectivity index (χ1n) is 11.0. The van der Waals surface area contributed by atoms with E-state index in [0.717, 1.165) is 19.7 Å². The average Bonchev–Trinajstić information content (AvgIpc) is 3.30. The van der Waals surface area contributed by atoms with Crippen LogP contribution in [0.15, 0.2) is 64.0 Å². The summed E-state index contributed by atoms with van der Waals surface area (Å²) in [6.07, 6.45) is 0.734. The molecule has 0 saturated heterocycles. The Balaban J connectivity index is 1.42. The predicted molar refractivity (Wildman–Crippen MR) is 145 cm³/mol. The first-order valence-corrected chi connectivity index (χ1v) is 13.0. The van der Waals surface area contributed by atoms with E-state index in [9.17, 15) is 14.7 Å². The number of rotatable bonds is 9. The molecule has 0 spiro atoms. The van der Waals surface area contributed by atoms with Crippen molar-refractivity contribution in [2.75, 3.05) is 13.7 Å². The fourth-order valence-electron chi connectivity index (χ4n) is 3.68. The number of aliphatic hydroxyl groups is 1. The summed E-state index contributed by atoms with van der Waals surface area (Å²) in [5.41, 5.74) is 1.32.